The Hall–Kier alpha value is -1.38. The summed E-state index contributed by atoms with van der Waals surface area (Å²) in [5.41, 5.74) is 10.7. The summed E-state index contributed by atoms with van der Waals surface area (Å²) < 4.78 is 13.0. The van der Waals surface area contributed by atoms with E-state index in [1.807, 2.05) is 6.07 Å². The molecule has 1 atom stereocenters. The molecular weight excluding hydrogens is 261 g/mol. The molecule has 0 spiro atoms. The Labute approximate surface area is 118 Å². The van der Waals surface area contributed by atoms with E-state index in [0.29, 0.717) is 11.4 Å². The molecule has 0 amide bonds. The van der Waals surface area contributed by atoms with E-state index in [2.05, 4.69) is 26.0 Å². The van der Waals surface area contributed by atoms with E-state index >= 15 is 0 Å². The van der Waals surface area contributed by atoms with Crippen molar-refractivity contribution in [2.75, 3.05) is 0 Å². The van der Waals surface area contributed by atoms with E-state index in [4.69, 9.17) is 17.3 Å². The third kappa shape index (κ3) is 3.14. The van der Waals surface area contributed by atoms with Crippen LogP contribution in [0.5, 0.6) is 0 Å². The first kappa shape index (κ1) is 14.0. The molecule has 2 aromatic carbocycles. The molecule has 1 nitrogen and oxygen atoms in total. The Balaban J connectivity index is 2.28. The molecule has 0 aliphatic heterocycles. The minimum Gasteiger partial charge on any atom is -0.324 e. The summed E-state index contributed by atoms with van der Waals surface area (Å²) in [6.07, 6.45) is 0.698. The monoisotopic (exact) mass is 277 g/mol. The van der Waals surface area contributed by atoms with Gasteiger partial charge in [-0.1, -0.05) is 35.9 Å². The molecule has 19 heavy (non-hydrogen) atoms. The zero-order valence-electron chi connectivity index (χ0n) is 11.1. The predicted octanol–water partition coefficient (Wildman–Crippen LogP) is 4.34. The maximum atomic E-state index is 13.0. The minimum absolute atomic E-state index is 0.229. The third-order valence-corrected chi connectivity index (χ3v) is 3.76. The van der Waals surface area contributed by atoms with Crippen LogP contribution < -0.4 is 5.73 Å². The van der Waals surface area contributed by atoms with Gasteiger partial charge in [-0.2, -0.15) is 0 Å². The summed E-state index contributed by atoms with van der Waals surface area (Å²) in [4.78, 5) is 0. The van der Waals surface area contributed by atoms with Crippen molar-refractivity contribution in [1.29, 1.82) is 0 Å². The van der Waals surface area contributed by atoms with Gasteiger partial charge in [-0.15, -0.1) is 0 Å². The highest BCUT2D eigenvalue weighted by atomic mass is 35.5. The fourth-order valence-corrected chi connectivity index (χ4v) is 2.61. The summed E-state index contributed by atoms with van der Waals surface area (Å²) in [6.45, 7) is 4.14. The van der Waals surface area contributed by atoms with E-state index in [0.717, 1.165) is 5.56 Å². The Kier molecular flexibility index (Phi) is 4.23. The van der Waals surface area contributed by atoms with E-state index in [-0.39, 0.29) is 11.9 Å². The van der Waals surface area contributed by atoms with Crippen LogP contribution in [-0.4, -0.2) is 0 Å². The SMILES string of the molecule is Cc1cccc(C)c1CC(N)c1ccc(F)cc1Cl. The summed E-state index contributed by atoms with van der Waals surface area (Å²) in [5, 5.41) is 0.388. The number of benzene rings is 2. The lowest BCUT2D eigenvalue weighted by Crippen LogP contribution is -2.15. The van der Waals surface area contributed by atoms with Crippen molar-refractivity contribution >= 4 is 11.6 Å². The summed E-state index contributed by atoms with van der Waals surface area (Å²) in [7, 11) is 0. The van der Waals surface area contributed by atoms with Crippen LogP contribution in [0.15, 0.2) is 36.4 Å². The van der Waals surface area contributed by atoms with Crippen molar-refractivity contribution in [2.45, 2.75) is 26.3 Å². The number of aryl methyl sites for hydroxylation is 2. The molecule has 2 N–H and O–H groups in total. The minimum atomic E-state index is -0.340. The van der Waals surface area contributed by atoms with Gasteiger partial charge in [-0.05, 0) is 54.7 Å². The summed E-state index contributed by atoms with van der Waals surface area (Å²) in [6, 6.07) is 10.3. The van der Waals surface area contributed by atoms with Crippen LogP contribution in [0.25, 0.3) is 0 Å². The second-order valence-electron chi connectivity index (χ2n) is 4.85. The van der Waals surface area contributed by atoms with Crippen molar-refractivity contribution in [1.82, 2.24) is 0 Å². The molecule has 0 aliphatic rings. The lowest BCUT2D eigenvalue weighted by atomic mass is 9.93. The number of halogens is 2. The molecule has 2 rings (SSSR count). The van der Waals surface area contributed by atoms with E-state index in [9.17, 15) is 4.39 Å². The Morgan fingerprint density at radius 3 is 2.37 bits per heavy atom. The molecule has 0 fully saturated rings. The lowest BCUT2D eigenvalue weighted by Gasteiger charge is -2.17. The smallest absolute Gasteiger partial charge is 0.124 e. The fourth-order valence-electron chi connectivity index (χ4n) is 2.30. The van der Waals surface area contributed by atoms with Gasteiger partial charge in [0.2, 0.25) is 0 Å². The van der Waals surface area contributed by atoms with Crippen LogP contribution >= 0.6 is 11.6 Å². The van der Waals surface area contributed by atoms with Gasteiger partial charge in [-0.3, -0.25) is 0 Å². The normalized spacial score (nSPS) is 12.5. The van der Waals surface area contributed by atoms with Crippen molar-refractivity contribution < 1.29 is 4.39 Å². The maximum Gasteiger partial charge on any atom is 0.124 e. The van der Waals surface area contributed by atoms with Crippen molar-refractivity contribution in [3.63, 3.8) is 0 Å². The zero-order chi connectivity index (χ0) is 14.0. The Bertz CT molecular complexity index is 575. The van der Waals surface area contributed by atoms with Gasteiger partial charge in [0.15, 0.2) is 0 Å². The van der Waals surface area contributed by atoms with Crippen LogP contribution in [0.3, 0.4) is 0 Å². The van der Waals surface area contributed by atoms with Crippen LogP contribution in [-0.2, 0) is 6.42 Å². The molecule has 0 aromatic heterocycles. The Morgan fingerprint density at radius 2 is 1.79 bits per heavy atom. The van der Waals surface area contributed by atoms with Gasteiger partial charge in [0.05, 0.1) is 0 Å². The van der Waals surface area contributed by atoms with Crippen molar-refractivity contribution in [3.05, 3.63) is 69.5 Å². The molecule has 0 aliphatic carbocycles. The van der Waals surface area contributed by atoms with Gasteiger partial charge in [-0.25, -0.2) is 4.39 Å². The fraction of sp³-hybridized carbons (Fsp3) is 0.250. The molecule has 0 radical (unpaired) electrons. The van der Waals surface area contributed by atoms with Gasteiger partial charge in [0.25, 0.3) is 0 Å². The second-order valence-corrected chi connectivity index (χ2v) is 5.25. The average Bonchev–Trinajstić information content (AvgIpc) is 2.33. The first-order valence-electron chi connectivity index (χ1n) is 6.24. The highest BCUT2D eigenvalue weighted by Crippen LogP contribution is 2.27. The zero-order valence-corrected chi connectivity index (χ0v) is 11.8. The topological polar surface area (TPSA) is 26.0 Å². The highest BCUT2D eigenvalue weighted by molar-refractivity contribution is 6.31. The molecule has 0 saturated heterocycles. The number of nitrogens with two attached hydrogens (primary N) is 1. The lowest BCUT2D eigenvalue weighted by molar-refractivity contribution is 0.624. The molecule has 2 aromatic rings. The number of rotatable bonds is 3. The molecule has 0 heterocycles. The maximum absolute atomic E-state index is 13.0. The van der Waals surface area contributed by atoms with E-state index in [1.54, 1.807) is 6.07 Å². The van der Waals surface area contributed by atoms with E-state index in [1.165, 1.54) is 28.8 Å². The predicted molar refractivity (Wildman–Crippen MR) is 78.0 cm³/mol. The Morgan fingerprint density at radius 1 is 1.16 bits per heavy atom. The third-order valence-electron chi connectivity index (χ3n) is 3.43. The van der Waals surface area contributed by atoms with Crippen LogP contribution in [0.2, 0.25) is 5.02 Å². The van der Waals surface area contributed by atoms with Crippen LogP contribution in [0.4, 0.5) is 4.39 Å². The number of hydrogen-bond donors (Lipinski definition) is 1. The largest absolute Gasteiger partial charge is 0.324 e. The van der Waals surface area contributed by atoms with Gasteiger partial charge in [0, 0.05) is 11.1 Å². The first-order valence-corrected chi connectivity index (χ1v) is 6.62. The molecule has 0 bridgehead atoms. The average molecular weight is 278 g/mol. The van der Waals surface area contributed by atoms with Crippen LogP contribution in [0, 0.1) is 19.7 Å². The molecular formula is C16H17ClFN. The number of hydrogen-bond acceptors (Lipinski definition) is 1. The molecule has 1 unspecified atom stereocenters. The standard InChI is InChI=1S/C16H17ClFN/c1-10-4-3-5-11(2)14(10)9-16(19)13-7-6-12(18)8-15(13)17/h3-8,16H,9,19H2,1-2H3. The molecule has 0 saturated carbocycles. The quantitative estimate of drug-likeness (QED) is 0.887. The molecule has 100 valence electrons. The van der Waals surface area contributed by atoms with Gasteiger partial charge >= 0.3 is 0 Å². The van der Waals surface area contributed by atoms with Crippen molar-refractivity contribution in [3.8, 4) is 0 Å². The van der Waals surface area contributed by atoms with Gasteiger partial charge < -0.3 is 5.73 Å². The second kappa shape index (κ2) is 5.72. The molecule has 3 heteroatoms. The summed E-state index contributed by atoms with van der Waals surface area (Å²) in [5.74, 6) is -0.340. The first-order chi connectivity index (χ1) is 8.99. The summed E-state index contributed by atoms with van der Waals surface area (Å²) >= 11 is 6.05. The van der Waals surface area contributed by atoms with Gasteiger partial charge in [0.1, 0.15) is 5.82 Å². The van der Waals surface area contributed by atoms with E-state index < -0.39 is 0 Å². The van der Waals surface area contributed by atoms with Crippen LogP contribution in [0.1, 0.15) is 28.3 Å². The van der Waals surface area contributed by atoms with Crippen molar-refractivity contribution in [2.24, 2.45) is 5.73 Å². The highest BCUT2D eigenvalue weighted by Gasteiger charge is 2.14.